The van der Waals surface area contributed by atoms with Crippen LogP contribution in [0.15, 0.2) is 59.5 Å². The number of hydrogen-bond donors (Lipinski definition) is 2. The summed E-state index contributed by atoms with van der Waals surface area (Å²) in [5.41, 5.74) is 1.86. The molecule has 0 aliphatic rings. The van der Waals surface area contributed by atoms with Gasteiger partial charge < -0.3 is 10.4 Å². The van der Waals surface area contributed by atoms with Gasteiger partial charge >= 0.3 is 0 Å². The molecule has 0 aromatic heterocycles. The van der Waals surface area contributed by atoms with Gasteiger partial charge in [0.05, 0.1) is 11.5 Å². The molecule has 2 rings (SSSR count). The third-order valence-electron chi connectivity index (χ3n) is 3.56. The molecule has 124 valence electrons. The van der Waals surface area contributed by atoms with Crippen LogP contribution >= 0.6 is 0 Å². The number of nitrogens with zero attached hydrogens (tertiary/aromatic N) is 1. The fourth-order valence-electron chi connectivity index (χ4n) is 2.27. The fourth-order valence-corrected chi connectivity index (χ4v) is 3.65. The van der Waals surface area contributed by atoms with E-state index in [1.54, 1.807) is 18.2 Å². The third-order valence-corrected chi connectivity index (χ3v) is 5.52. The second-order valence-corrected chi connectivity index (χ2v) is 7.26. The standard InChI is InChI=1S/C17H22N2O3S/c1-19(11-12-20)23(21,22)17-10-6-5-9-16(17)14-18-13-15-7-3-2-4-8-15/h2-10,18,20H,11-14H2,1H3. The molecule has 2 N–H and O–H groups in total. The Morgan fingerprint density at radius 1 is 1.00 bits per heavy atom. The molecule has 0 spiro atoms. The summed E-state index contributed by atoms with van der Waals surface area (Å²) in [6, 6.07) is 16.9. The van der Waals surface area contributed by atoms with Gasteiger partial charge in [0, 0.05) is 26.7 Å². The molecule has 0 aliphatic heterocycles. The first-order chi connectivity index (χ1) is 11.1. The summed E-state index contributed by atoms with van der Waals surface area (Å²) in [5.74, 6) is 0. The van der Waals surface area contributed by atoms with Gasteiger partial charge in [-0.25, -0.2) is 8.42 Å². The lowest BCUT2D eigenvalue weighted by atomic mass is 10.2. The SMILES string of the molecule is CN(CCO)S(=O)(=O)c1ccccc1CNCc1ccccc1. The van der Waals surface area contributed by atoms with Crippen LogP contribution in [0.5, 0.6) is 0 Å². The molecule has 0 radical (unpaired) electrons. The van der Waals surface area contributed by atoms with Gasteiger partial charge in [-0.15, -0.1) is 0 Å². The van der Waals surface area contributed by atoms with Gasteiger partial charge in [0.2, 0.25) is 10.0 Å². The Morgan fingerprint density at radius 3 is 2.35 bits per heavy atom. The first-order valence-corrected chi connectivity index (χ1v) is 8.89. The van der Waals surface area contributed by atoms with Crippen LogP contribution < -0.4 is 5.32 Å². The average molecular weight is 334 g/mol. The molecular formula is C17H22N2O3S. The molecule has 0 fully saturated rings. The molecule has 0 atom stereocenters. The van der Waals surface area contributed by atoms with E-state index < -0.39 is 10.0 Å². The van der Waals surface area contributed by atoms with Crippen molar-refractivity contribution in [1.82, 2.24) is 9.62 Å². The van der Waals surface area contributed by atoms with Crippen molar-refractivity contribution in [2.45, 2.75) is 18.0 Å². The van der Waals surface area contributed by atoms with Crippen LogP contribution in [0.3, 0.4) is 0 Å². The van der Waals surface area contributed by atoms with E-state index in [1.165, 1.54) is 11.4 Å². The second kappa shape index (κ2) is 8.21. The molecule has 0 aliphatic carbocycles. The van der Waals surface area contributed by atoms with Crippen LogP contribution in [0.1, 0.15) is 11.1 Å². The van der Waals surface area contributed by atoms with Gasteiger partial charge in [-0.2, -0.15) is 4.31 Å². The first-order valence-electron chi connectivity index (χ1n) is 7.45. The number of benzene rings is 2. The van der Waals surface area contributed by atoms with Crippen molar-refractivity contribution in [2.24, 2.45) is 0 Å². The highest BCUT2D eigenvalue weighted by molar-refractivity contribution is 7.89. The van der Waals surface area contributed by atoms with Crippen LogP contribution in [-0.2, 0) is 23.1 Å². The number of rotatable bonds is 8. The molecule has 2 aromatic carbocycles. The van der Waals surface area contributed by atoms with Crippen molar-refractivity contribution in [1.29, 1.82) is 0 Å². The van der Waals surface area contributed by atoms with Crippen LogP contribution in [0.25, 0.3) is 0 Å². The van der Waals surface area contributed by atoms with E-state index in [0.29, 0.717) is 18.7 Å². The van der Waals surface area contributed by atoms with Crippen molar-refractivity contribution >= 4 is 10.0 Å². The Bertz CT molecular complexity index is 718. The van der Waals surface area contributed by atoms with Gasteiger partial charge in [0.25, 0.3) is 0 Å². The van der Waals surface area contributed by atoms with Gasteiger partial charge in [-0.1, -0.05) is 48.5 Å². The fraction of sp³-hybridized carbons (Fsp3) is 0.294. The Balaban J connectivity index is 2.11. The van der Waals surface area contributed by atoms with Gasteiger partial charge in [-0.05, 0) is 17.2 Å². The molecule has 23 heavy (non-hydrogen) atoms. The van der Waals surface area contributed by atoms with Crippen molar-refractivity contribution in [3.05, 3.63) is 65.7 Å². The summed E-state index contributed by atoms with van der Waals surface area (Å²) < 4.78 is 26.3. The number of aliphatic hydroxyl groups is 1. The highest BCUT2D eigenvalue weighted by Gasteiger charge is 2.22. The summed E-state index contributed by atoms with van der Waals surface area (Å²) >= 11 is 0. The molecule has 2 aromatic rings. The largest absolute Gasteiger partial charge is 0.395 e. The molecule has 6 heteroatoms. The van der Waals surface area contributed by atoms with E-state index in [0.717, 1.165) is 5.56 Å². The summed E-state index contributed by atoms with van der Waals surface area (Å²) in [5, 5.41) is 12.2. The third kappa shape index (κ3) is 4.62. The number of hydrogen-bond acceptors (Lipinski definition) is 4. The van der Waals surface area contributed by atoms with E-state index in [2.05, 4.69) is 5.32 Å². The maximum Gasteiger partial charge on any atom is 0.243 e. The van der Waals surface area contributed by atoms with E-state index in [-0.39, 0.29) is 18.0 Å². The molecule has 0 unspecified atom stereocenters. The predicted molar refractivity (Wildman–Crippen MR) is 90.3 cm³/mol. The molecule has 0 saturated carbocycles. The zero-order chi connectivity index (χ0) is 16.7. The Morgan fingerprint density at radius 2 is 1.65 bits per heavy atom. The minimum Gasteiger partial charge on any atom is -0.395 e. The Labute approximate surface area is 137 Å². The second-order valence-electron chi connectivity index (χ2n) is 5.25. The average Bonchev–Trinajstić information content (AvgIpc) is 2.56. The van der Waals surface area contributed by atoms with Crippen molar-refractivity contribution in [2.75, 3.05) is 20.2 Å². The van der Waals surface area contributed by atoms with Gasteiger partial charge in [0.15, 0.2) is 0 Å². The van der Waals surface area contributed by atoms with Crippen LogP contribution in [0.4, 0.5) is 0 Å². The van der Waals surface area contributed by atoms with Gasteiger partial charge in [-0.3, -0.25) is 0 Å². The Kier molecular flexibility index (Phi) is 6.29. The van der Waals surface area contributed by atoms with E-state index >= 15 is 0 Å². The molecule has 0 heterocycles. The quantitative estimate of drug-likeness (QED) is 0.769. The maximum atomic E-state index is 12.6. The number of aliphatic hydroxyl groups excluding tert-OH is 1. The monoisotopic (exact) mass is 334 g/mol. The van der Waals surface area contributed by atoms with Crippen molar-refractivity contribution in [3.63, 3.8) is 0 Å². The minimum absolute atomic E-state index is 0.0775. The zero-order valence-corrected chi connectivity index (χ0v) is 14.0. The number of nitrogens with one attached hydrogen (secondary N) is 1. The molecule has 0 bridgehead atoms. The minimum atomic E-state index is -3.59. The summed E-state index contributed by atoms with van der Waals surface area (Å²) in [6.45, 7) is 0.997. The lowest BCUT2D eigenvalue weighted by Gasteiger charge is -2.18. The van der Waals surface area contributed by atoms with Crippen LogP contribution in [0, 0.1) is 0 Å². The maximum absolute atomic E-state index is 12.6. The summed E-state index contributed by atoms with van der Waals surface area (Å²) in [7, 11) is -2.12. The van der Waals surface area contributed by atoms with Gasteiger partial charge in [0.1, 0.15) is 0 Å². The number of likely N-dealkylation sites (N-methyl/N-ethyl adjacent to an activating group) is 1. The topological polar surface area (TPSA) is 69.6 Å². The smallest absolute Gasteiger partial charge is 0.243 e. The molecular weight excluding hydrogens is 312 g/mol. The van der Waals surface area contributed by atoms with E-state index in [4.69, 9.17) is 5.11 Å². The predicted octanol–water partition coefficient (Wildman–Crippen LogP) is 1.59. The summed E-state index contributed by atoms with van der Waals surface area (Å²) in [6.07, 6.45) is 0. The Hall–Kier alpha value is -1.73. The zero-order valence-electron chi connectivity index (χ0n) is 13.1. The van der Waals surface area contributed by atoms with E-state index in [9.17, 15) is 8.42 Å². The molecule has 0 amide bonds. The molecule has 5 nitrogen and oxygen atoms in total. The lowest BCUT2D eigenvalue weighted by Crippen LogP contribution is -2.30. The summed E-state index contributed by atoms with van der Waals surface area (Å²) in [4.78, 5) is 0.275. The highest BCUT2D eigenvalue weighted by Crippen LogP contribution is 2.19. The first kappa shape index (κ1) is 17.6. The van der Waals surface area contributed by atoms with Crippen LogP contribution in [0.2, 0.25) is 0 Å². The van der Waals surface area contributed by atoms with Crippen molar-refractivity contribution < 1.29 is 13.5 Å². The number of sulfonamides is 1. The van der Waals surface area contributed by atoms with E-state index in [1.807, 2.05) is 36.4 Å². The normalized spacial score (nSPS) is 11.8. The van der Waals surface area contributed by atoms with Crippen molar-refractivity contribution in [3.8, 4) is 0 Å². The molecule has 0 saturated heterocycles. The van der Waals surface area contributed by atoms with Crippen LogP contribution in [-0.4, -0.2) is 38.0 Å². The highest BCUT2D eigenvalue weighted by atomic mass is 32.2. The lowest BCUT2D eigenvalue weighted by molar-refractivity contribution is 0.266.